The number of methoxy groups -OCH3 is 1. The fourth-order valence-corrected chi connectivity index (χ4v) is 2.23. The molecule has 0 bridgehead atoms. The van der Waals surface area contributed by atoms with Gasteiger partial charge in [-0.05, 0) is 12.1 Å². The van der Waals surface area contributed by atoms with Crippen molar-refractivity contribution in [3.8, 4) is 0 Å². The van der Waals surface area contributed by atoms with Gasteiger partial charge >= 0.3 is 0 Å². The first-order chi connectivity index (χ1) is 7.24. The molecule has 0 N–H and O–H groups in total. The molecule has 0 amide bonds. The highest BCUT2D eigenvalue weighted by Gasteiger charge is 2.05. The van der Waals surface area contributed by atoms with Gasteiger partial charge in [0, 0.05) is 22.9 Å². The molecular formula is C11H13BrO2S. The first kappa shape index (κ1) is 12.7. The summed E-state index contributed by atoms with van der Waals surface area (Å²) in [5.41, 5.74) is 0.759. The summed E-state index contributed by atoms with van der Waals surface area (Å²) in [6.45, 7) is 0.691. The second-order valence-electron chi connectivity index (χ2n) is 2.98. The zero-order chi connectivity index (χ0) is 11.1. The summed E-state index contributed by atoms with van der Waals surface area (Å²) in [5.74, 6) is 1.54. The highest BCUT2D eigenvalue weighted by Crippen LogP contribution is 2.13. The first-order valence-corrected chi connectivity index (χ1v) is 6.54. The molecule has 0 aliphatic carbocycles. The lowest BCUT2D eigenvalue weighted by Gasteiger charge is -2.01. The van der Waals surface area contributed by atoms with Crippen molar-refractivity contribution in [3.63, 3.8) is 0 Å². The second kappa shape index (κ2) is 7.04. The van der Waals surface area contributed by atoms with E-state index in [1.807, 2.05) is 24.3 Å². The fourth-order valence-electron chi connectivity index (χ4n) is 1.05. The van der Waals surface area contributed by atoms with Crippen molar-refractivity contribution in [2.24, 2.45) is 0 Å². The van der Waals surface area contributed by atoms with Crippen LogP contribution in [-0.2, 0) is 4.74 Å². The van der Waals surface area contributed by atoms with Gasteiger partial charge in [0.15, 0.2) is 5.78 Å². The Labute approximate surface area is 103 Å². The molecule has 0 atom stereocenters. The molecule has 0 aromatic heterocycles. The van der Waals surface area contributed by atoms with Gasteiger partial charge in [0.25, 0.3) is 0 Å². The van der Waals surface area contributed by atoms with E-state index in [0.29, 0.717) is 12.4 Å². The van der Waals surface area contributed by atoms with Crippen molar-refractivity contribution in [1.29, 1.82) is 0 Å². The maximum atomic E-state index is 11.7. The number of Topliss-reactive ketones (excluding diaryl/α,β-unsaturated/α-hetero) is 1. The van der Waals surface area contributed by atoms with Crippen LogP contribution >= 0.6 is 27.7 Å². The smallest absolute Gasteiger partial charge is 0.172 e. The molecule has 2 nitrogen and oxygen atoms in total. The van der Waals surface area contributed by atoms with Crippen LogP contribution in [0.4, 0.5) is 0 Å². The number of benzene rings is 1. The Bertz CT molecular complexity index is 328. The maximum Gasteiger partial charge on any atom is 0.172 e. The molecule has 0 aliphatic rings. The molecule has 0 radical (unpaired) electrons. The fraction of sp³-hybridized carbons (Fsp3) is 0.364. The molecule has 0 saturated carbocycles. The lowest BCUT2D eigenvalue weighted by atomic mass is 10.2. The molecule has 0 aliphatic heterocycles. The molecule has 1 aromatic rings. The van der Waals surface area contributed by atoms with Gasteiger partial charge < -0.3 is 4.74 Å². The third kappa shape index (κ3) is 4.82. The quantitative estimate of drug-likeness (QED) is 0.595. The van der Waals surface area contributed by atoms with Crippen LogP contribution in [0.1, 0.15) is 10.4 Å². The molecule has 15 heavy (non-hydrogen) atoms. The van der Waals surface area contributed by atoms with E-state index in [1.165, 1.54) is 0 Å². The molecule has 1 rings (SSSR count). The SMILES string of the molecule is COCCSCC(=O)c1cccc(Br)c1. The number of carbonyl (C=O) groups is 1. The monoisotopic (exact) mass is 288 g/mol. The summed E-state index contributed by atoms with van der Waals surface area (Å²) in [6, 6.07) is 7.47. The highest BCUT2D eigenvalue weighted by atomic mass is 79.9. The molecule has 82 valence electrons. The van der Waals surface area contributed by atoms with E-state index in [2.05, 4.69) is 15.9 Å². The standard InChI is InChI=1S/C11H13BrO2S/c1-14-5-6-15-8-11(13)9-3-2-4-10(12)7-9/h2-4,7H,5-6,8H2,1H3. The number of ketones is 1. The number of ether oxygens (including phenoxy) is 1. The van der Waals surface area contributed by atoms with Crippen LogP contribution in [0.2, 0.25) is 0 Å². The number of carbonyl (C=O) groups excluding carboxylic acids is 1. The van der Waals surface area contributed by atoms with Crippen LogP contribution in [0.5, 0.6) is 0 Å². The van der Waals surface area contributed by atoms with E-state index >= 15 is 0 Å². The molecule has 0 fully saturated rings. The predicted octanol–water partition coefficient (Wildman–Crippen LogP) is 3.01. The van der Waals surface area contributed by atoms with Gasteiger partial charge in [-0.3, -0.25) is 4.79 Å². The zero-order valence-electron chi connectivity index (χ0n) is 8.53. The first-order valence-electron chi connectivity index (χ1n) is 4.59. The summed E-state index contributed by atoms with van der Waals surface area (Å²) >= 11 is 4.94. The van der Waals surface area contributed by atoms with Gasteiger partial charge in [0.05, 0.1) is 12.4 Å². The Morgan fingerprint density at radius 3 is 3.00 bits per heavy atom. The summed E-state index contributed by atoms with van der Waals surface area (Å²) in [4.78, 5) is 11.7. The number of thioether (sulfide) groups is 1. The van der Waals surface area contributed by atoms with Gasteiger partial charge in [-0.15, -0.1) is 0 Å². The van der Waals surface area contributed by atoms with Crippen LogP contribution in [0, 0.1) is 0 Å². The molecule has 4 heteroatoms. The van der Waals surface area contributed by atoms with Gasteiger partial charge in [-0.2, -0.15) is 11.8 Å². The molecule has 0 spiro atoms. The second-order valence-corrected chi connectivity index (χ2v) is 5.00. The average Bonchev–Trinajstić information content (AvgIpc) is 2.24. The maximum absolute atomic E-state index is 11.7. The van der Waals surface area contributed by atoms with Crippen LogP contribution in [0.25, 0.3) is 0 Å². The van der Waals surface area contributed by atoms with Gasteiger partial charge in [-0.1, -0.05) is 28.1 Å². The third-order valence-electron chi connectivity index (χ3n) is 1.81. The van der Waals surface area contributed by atoms with E-state index in [1.54, 1.807) is 18.9 Å². The lowest BCUT2D eigenvalue weighted by molar-refractivity contribution is 0.102. The Hall–Kier alpha value is -0.320. The van der Waals surface area contributed by atoms with Crippen LogP contribution in [0.15, 0.2) is 28.7 Å². The molecule has 0 heterocycles. The lowest BCUT2D eigenvalue weighted by Crippen LogP contribution is -2.04. The Morgan fingerprint density at radius 2 is 2.33 bits per heavy atom. The van der Waals surface area contributed by atoms with Gasteiger partial charge in [0.1, 0.15) is 0 Å². The molecule has 0 saturated heterocycles. The van der Waals surface area contributed by atoms with Crippen molar-refractivity contribution in [2.75, 3.05) is 25.2 Å². The van der Waals surface area contributed by atoms with Crippen LogP contribution in [-0.4, -0.2) is 31.0 Å². The number of hydrogen-bond acceptors (Lipinski definition) is 3. The summed E-state index contributed by atoms with van der Waals surface area (Å²) in [6.07, 6.45) is 0. The number of rotatable bonds is 6. The molecule has 0 unspecified atom stereocenters. The number of halogens is 1. The minimum absolute atomic E-state index is 0.164. The van der Waals surface area contributed by atoms with E-state index in [9.17, 15) is 4.79 Å². The highest BCUT2D eigenvalue weighted by molar-refractivity contribution is 9.10. The van der Waals surface area contributed by atoms with Crippen LogP contribution in [0.3, 0.4) is 0 Å². The molecule has 1 aromatic carbocycles. The summed E-state index contributed by atoms with van der Waals surface area (Å²) in [7, 11) is 1.66. The van der Waals surface area contributed by atoms with Gasteiger partial charge in [-0.25, -0.2) is 0 Å². The minimum Gasteiger partial charge on any atom is -0.384 e. The van der Waals surface area contributed by atoms with Crippen molar-refractivity contribution in [3.05, 3.63) is 34.3 Å². The normalized spacial score (nSPS) is 10.3. The largest absolute Gasteiger partial charge is 0.384 e. The van der Waals surface area contributed by atoms with Gasteiger partial charge in [0.2, 0.25) is 0 Å². The zero-order valence-corrected chi connectivity index (χ0v) is 10.9. The Balaban J connectivity index is 2.40. The minimum atomic E-state index is 0.164. The predicted molar refractivity (Wildman–Crippen MR) is 67.7 cm³/mol. The van der Waals surface area contributed by atoms with Crippen molar-refractivity contribution in [1.82, 2.24) is 0 Å². The Kier molecular flexibility index (Phi) is 5.98. The van der Waals surface area contributed by atoms with Crippen molar-refractivity contribution < 1.29 is 9.53 Å². The van der Waals surface area contributed by atoms with E-state index in [0.717, 1.165) is 15.8 Å². The summed E-state index contributed by atoms with van der Waals surface area (Å²) < 4.78 is 5.85. The third-order valence-corrected chi connectivity index (χ3v) is 3.23. The Morgan fingerprint density at radius 1 is 1.53 bits per heavy atom. The van der Waals surface area contributed by atoms with Crippen LogP contribution < -0.4 is 0 Å². The molecular weight excluding hydrogens is 276 g/mol. The summed E-state index contributed by atoms with van der Waals surface area (Å²) in [5, 5.41) is 0. The number of hydrogen-bond donors (Lipinski definition) is 0. The van der Waals surface area contributed by atoms with E-state index in [4.69, 9.17) is 4.74 Å². The van der Waals surface area contributed by atoms with E-state index < -0.39 is 0 Å². The van der Waals surface area contributed by atoms with Crippen molar-refractivity contribution >= 4 is 33.5 Å². The van der Waals surface area contributed by atoms with Crippen molar-refractivity contribution in [2.45, 2.75) is 0 Å². The van der Waals surface area contributed by atoms with E-state index in [-0.39, 0.29) is 5.78 Å². The average molecular weight is 289 g/mol. The topological polar surface area (TPSA) is 26.3 Å².